The highest BCUT2D eigenvalue weighted by Crippen LogP contribution is 2.31. The topological polar surface area (TPSA) is 43.8 Å². The molecule has 0 atom stereocenters. The number of rotatable bonds is 3. The van der Waals surface area contributed by atoms with Gasteiger partial charge in [0.15, 0.2) is 0 Å². The van der Waals surface area contributed by atoms with Gasteiger partial charge in [0.2, 0.25) is 0 Å². The van der Waals surface area contributed by atoms with E-state index in [0.717, 1.165) is 28.2 Å². The fourth-order valence-corrected chi connectivity index (χ4v) is 3.07. The maximum absolute atomic E-state index is 5.97. The van der Waals surface area contributed by atoms with E-state index in [1.165, 1.54) is 16.7 Å². The quantitative estimate of drug-likeness (QED) is 0.761. The predicted octanol–water partition coefficient (Wildman–Crippen LogP) is 4.70. The molecule has 0 spiro atoms. The van der Waals surface area contributed by atoms with Crippen LogP contribution < -0.4 is 5.73 Å². The Morgan fingerprint density at radius 3 is 2.17 bits per heavy atom. The molecule has 0 saturated carbocycles. The summed E-state index contributed by atoms with van der Waals surface area (Å²) in [6, 6.07) is 14.9. The molecule has 122 valence electrons. The van der Waals surface area contributed by atoms with E-state index in [9.17, 15) is 0 Å². The Bertz CT molecular complexity index is 915. The Hall–Kier alpha value is -2.81. The van der Waals surface area contributed by atoms with Crippen molar-refractivity contribution in [2.75, 3.05) is 0 Å². The molecule has 0 amide bonds. The Kier molecular flexibility index (Phi) is 4.02. The SMILES string of the molecule is C=C(N)c1nn(-c2ccc(C)cc2C)c(-c2ccc(C)cc2)c1C. The molecule has 3 rings (SSSR count). The summed E-state index contributed by atoms with van der Waals surface area (Å²) >= 11 is 0. The third kappa shape index (κ3) is 2.73. The molecule has 1 heterocycles. The second-order valence-corrected chi connectivity index (χ2v) is 6.42. The number of hydrogen-bond acceptors (Lipinski definition) is 2. The minimum atomic E-state index is 0.490. The number of nitrogens with zero attached hydrogens (tertiary/aromatic N) is 2. The summed E-state index contributed by atoms with van der Waals surface area (Å²) in [5.74, 6) is 0. The van der Waals surface area contributed by atoms with Gasteiger partial charge >= 0.3 is 0 Å². The molecule has 2 aromatic carbocycles. The van der Waals surface area contributed by atoms with Crippen molar-refractivity contribution in [2.24, 2.45) is 5.73 Å². The lowest BCUT2D eigenvalue weighted by Crippen LogP contribution is -2.03. The highest BCUT2D eigenvalue weighted by Gasteiger charge is 2.19. The van der Waals surface area contributed by atoms with E-state index in [-0.39, 0.29) is 0 Å². The lowest BCUT2D eigenvalue weighted by atomic mass is 10.0. The number of nitrogens with two attached hydrogens (primary N) is 1. The van der Waals surface area contributed by atoms with Gasteiger partial charge in [0.25, 0.3) is 0 Å². The van der Waals surface area contributed by atoms with Crippen molar-refractivity contribution >= 4 is 5.70 Å². The van der Waals surface area contributed by atoms with Crippen molar-refractivity contribution in [3.63, 3.8) is 0 Å². The van der Waals surface area contributed by atoms with Gasteiger partial charge in [-0.25, -0.2) is 4.68 Å². The minimum Gasteiger partial charge on any atom is -0.397 e. The van der Waals surface area contributed by atoms with Gasteiger partial charge in [-0.2, -0.15) is 5.10 Å². The summed E-state index contributed by atoms with van der Waals surface area (Å²) in [7, 11) is 0. The summed E-state index contributed by atoms with van der Waals surface area (Å²) in [4.78, 5) is 0. The fraction of sp³-hybridized carbons (Fsp3) is 0.190. The van der Waals surface area contributed by atoms with Crippen molar-refractivity contribution in [3.05, 3.63) is 77.0 Å². The largest absolute Gasteiger partial charge is 0.397 e. The van der Waals surface area contributed by atoms with Crippen molar-refractivity contribution < 1.29 is 0 Å². The zero-order valence-electron chi connectivity index (χ0n) is 14.7. The monoisotopic (exact) mass is 317 g/mol. The fourth-order valence-electron chi connectivity index (χ4n) is 3.07. The van der Waals surface area contributed by atoms with Crippen molar-refractivity contribution in [1.29, 1.82) is 0 Å². The van der Waals surface area contributed by atoms with Crippen LogP contribution in [0.4, 0.5) is 0 Å². The van der Waals surface area contributed by atoms with E-state index in [1.807, 2.05) is 4.68 Å². The van der Waals surface area contributed by atoms with E-state index in [4.69, 9.17) is 10.8 Å². The van der Waals surface area contributed by atoms with Crippen LogP contribution in [0, 0.1) is 27.7 Å². The van der Waals surface area contributed by atoms with Gasteiger partial charge in [0, 0.05) is 11.1 Å². The van der Waals surface area contributed by atoms with E-state index >= 15 is 0 Å². The van der Waals surface area contributed by atoms with Crippen molar-refractivity contribution in [1.82, 2.24) is 9.78 Å². The van der Waals surface area contributed by atoms with Crippen LogP contribution in [0.1, 0.15) is 27.9 Å². The van der Waals surface area contributed by atoms with Gasteiger partial charge < -0.3 is 5.73 Å². The molecule has 3 nitrogen and oxygen atoms in total. The molecule has 0 radical (unpaired) electrons. The maximum atomic E-state index is 5.97. The Labute approximate surface area is 143 Å². The van der Waals surface area contributed by atoms with E-state index < -0.39 is 0 Å². The van der Waals surface area contributed by atoms with Gasteiger partial charge in [-0.1, -0.05) is 54.1 Å². The molecule has 3 heteroatoms. The van der Waals surface area contributed by atoms with Gasteiger partial charge in [-0.05, 0) is 39.3 Å². The first-order chi connectivity index (χ1) is 11.4. The second kappa shape index (κ2) is 6.00. The van der Waals surface area contributed by atoms with Crippen LogP contribution >= 0.6 is 0 Å². The minimum absolute atomic E-state index is 0.490. The first-order valence-electron chi connectivity index (χ1n) is 8.07. The second-order valence-electron chi connectivity index (χ2n) is 6.42. The van der Waals surface area contributed by atoms with Crippen LogP contribution in [0.15, 0.2) is 49.0 Å². The van der Waals surface area contributed by atoms with Crippen LogP contribution in [0.2, 0.25) is 0 Å². The highest BCUT2D eigenvalue weighted by molar-refractivity contribution is 5.73. The van der Waals surface area contributed by atoms with E-state index in [1.54, 1.807) is 0 Å². The average molecular weight is 317 g/mol. The molecule has 1 aromatic heterocycles. The number of aryl methyl sites for hydroxylation is 3. The first-order valence-corrected chi connectivity index (χ1v) is 8.07. The number of aromatic nitrogens is 2. The zero-order valence-corrected chi connectivity index (χ0v) is 14.7. The standard InChI is InChI=1S/C21H23N3/c1-13-6-9-18(10-7-13)21-16(4)20(17(5)22)23-24(21)19-11-8-14(2)12-15(19)3/h6-12H,5,22H2,1-4H3. The van der Waals surface area contributed by atoms with Crippen LogP contribution in [-0.4, -0.2) is 9.78 Å². The lowest BCUT2D eigenvalue weighted by Gasteiger charge is -2.12. The molecule has 3 aromatic rings. The first kappa shape index (κ1) is 16.1. The average Bonchev–Trinajstić information content (AvgIpc) is 2.86. The molecule has 24 heavy (non-hydrogen) atoms. The Morgan fingerprint density at radius 1 is 0.958 bits per heavy atom. The number of benzene rings is 2. The Balaban J connectivity index is 2.30. The van der Waals surface area contributed by atoms with Crippen LogP contribution in [0.3, 0.4) is 0 Å². The van der Waals surface area contributed by atoms with Crippen LogP contribution in [-0.2, 0) is 0 Å². The summed E-state index contributed by atoms with van der Waals surface area (Å²) in [6.07, 6.45) is 0. The molecule has 0 aliphatic rings. The maximum Gasteiger partial charge on any atom is 0.111 e. The molecule has 0 fully saturated rings. The van der Waals surface area contributed by atoms with E-state index in [0.29, 0.717) is 5.70 Å². The normalized spacial score (nSPS) is 10.8. The zero-order chi connectivity index (χ0) is 17.4. The summed E-state index contributed by atoms with van der Waals surface area (Å²) in [5.41, 5.74) is 15.2. The molecule has 2 N–H and O–H groups in total. The summed E-state index contributed by atoms with van der Waals surface area (Å²) in [5, 5.41) is 4.76. The van der Waals surface area contributed by atoms with Gasteiger partial charge in [0.05, 0.1) is 17.1 Å². The molecular weight excluding hydrogens is 294 g/mol. The third-order valence-electron chi connectivity index (χ3n) is 4.33. The lowest BCUT2D eigenvalue weighted by molar-refractivity contribution is 0.871. The summed E-state index contributed by atoms with van der Waals surface area (Å²) in [6.45, 7) is 12.2. The van der Waals surface area contributed by atoms with Crippen molar-refractivity contribution in [2.45, 2.75) is 27.7 Å². The highest BCUT2D eigenvalue weighted by atomic mass is 15.3. The summed E-state index contributed by atoms with van der Waals surface area (Å²) < 4.78 is 1.99. The molecule has 0 saturated heterocycles. The molecule has 0 aliphatic heterocycles. The van der Waals surface area contributed by atoms with E-state index in [2.05, 4.69) is 76.7 Å². The molecular formula is C21H23N3. The van der Waals surface area contributed by atoms with Gasteiger partial charge in [-0.3, -0.25) is 0 Å². The van der Waals surface area contributed by atoms with Gasteiger partial charge in [0.1, 0.15) is 5.69 Å². The molecule has 0 aliphatic carbocycles. The molecule has 0 unspecified atom stereocenters. The number of hydrogen-bond donors (Lipinski definition) is 1. The van der Waals surface area contributed by atoms with Crippen molar-refractivity contribution in [3.8, 4) is 16.9 Å². The molecule has 0 bridgehead atoms. The van der Waals surface area contributed by atoms with Crippen LogP contribution in [0.5, 0.6) is 0 Å². The Morgan fingerprint density at radius 2 is 1.58 bits per heavy atom. The van der Waals surface area contributed by atoms with Crippen LogP contribution in [0.25, 0.3) is 22.6 Å². The van der Waals surface area contributed by atoms with Gasteiger partial charge in [-0.15, -0.1) is 0 Å². The predicted molar refractivity (Wildman–Crippen MR) is 101 cm³/mol. The third-order valence-corrected chi connectivity index (χ3v) is 4.33. The smallest absolute Gasteiger partial charge is 0.111 e.